The standard InChI is InChI=1S/C12H24N4O2.ClH/c1-4-14-12(18)15-11(17)9(2)16(3)10-5-7-13-8-6-10;/h9-10,13H,4-8H2,1-3H3,(H2,14,15,17,18);1H. The van der Waals surface area contributed by atoms with Gasteiger partial charge in [0.2, 0.25) is 5.91 Å². The van der Waals surface area contributed by atoms with Crippen molar-refractivity contribution in [2.45, 2.75) is 38.8 Å². The Labute approximate surface area is 121 Å². The lowest BCUT2D eigenvalue weighted by Crippen LogP contribution is -2.52. The van der Waals surface area contributed by atoms with E-state index in [4.69, 9.17) is 0 Å². The maximum Gasteiger partial charge on any atom is 0.321 e. The molecule has 7 heteroatoms. The van der Waals surface area contributed by atoms with E-state index in [1.165, 1.54) is 0 Å². The lowest BCUT2D eigenvalue weighted by Gasteiger charge is -2.34. The quantitative estimate of drug-likeness (QED) is 0.698. The van der Waals surface area contributed by atoms with Gasteiger partial charge in [-0.25, -0.2) is 4.79 Å². The minimum absolute atomic E-state index is 0. The molecule has 1 rings (SSSR count). The van der Waals surface area contributed by atoms with Crippen LogP contribution in [0.15, 0.2) is 0 Å². The van der Waals surface area contributed by atoms with Crippen molar-refractivity contribution in [2.75, 3.05) is 26.7 Å². The fourth-order valence-electron chi connectivity index (χ4n) is 2.14. The van der Waals surface area contributed by atoms with Crippen molar-refractivity contribution in [3.05, 3.63) is 0 Å². The summed E-state index contributed by atoms with van der Waals surface area (Å²) in [5, 5.41) is 8.20. The summed E-state index contributed by atoms with van der Waals surface area (Å²) in [6, 6.07) is -0.315. The smallest absolute Gasteiger partial charge is 0.321 e. The van der Waals surface area contributed by atoms with E-state index < -0.39 is 6.03 Å². The monoisotopic (exact) mass is 292 g/mol. The van der Waals surface area contributed by atoms with Crippen LogP contribution in [0.25, 0.3) is 0 Å². The average molecular weight is 293 g/mol. The number of nitrogens with one attached hydrogen (secondary N) is 3. The number of halogens is 1. The van der Waals surface area contributed by atoms with E-state index >= 15 is 0 Å². The number of rotatable bonds is 4. The molecule has 19 heavy (non-hydrogen) atoms. The molecule has 3 amide bonds. The number of imide groups is 1. The van der Waals surface area contributed by atoms with Crippen LogP contribution in [-0.4, -0.2) is 55.6 Å². The van der Waals surface area contributed by atoms with Gasteiger partial charge in [-0.15, -0.1) is 12.4 Å². The topological polar surface area (TPSA) is 73.5 Å². The normalized spacial score (nSPS) is 17.5. The molecule has 6 nitrogen and oxygen atoms in total. The van der Waals surface area contributed by atoms with Gasteiger partial charge in [-0.2, -0.15) is 0 Å². The third-order valence-corrected chi connectivity index (χ3v) is 3.45. The predicted octanol–water partition coefficient (Wildman–Crippen LogP) is 0.326. The second-order valence-electron chi connectivity index (χ2n) is 4.67. The summed E-state index contributed by atoms with van der Waals surface area (Å²) in [7, 11) is 1.94. The van der Waals surface area contributed by atoms with Crippen LogP contribution in [0.2, 0.25) is 0 Å². The number of urea groups is 1. The van der Waals surface area contributed by atoms with E-state index in [2.05, 4.69) is 20.9 Å². The maximum atomic E-state index is 11.9. The second kappa shape index (κ2) is 9.12. The predicted molar refractivity (Wildman–Crippen MR) is 77.6 cm³/mol. The molecule has 0 saturated carbocycles. The number of likely N-dealkylation sites (N-methyl/N-ethyl adjacent to an activating group) is 1. The van der Waals surface area contributed by atoms with E-state index in [1.807, 2.05) is 20.9 Å². The van der Waals surface area contributed by atoms with Crippen LogP contribution in [0, 0.1) is 0 Å². The first-order valence-corrected chi connectivity index (χ1v) is 6.57. The first-order valence-electron chi connectivity index (χ1n) is 6.57. The van der Waals surface area contributed by atoms with Crippen LogP contribution in [0.4, 0.5) is 4.79 Å². The molecule has 1 saturated heterocycles. The van der Waals surface area contributed by atoms with E-state index in [0.29, 0.717) is 12.6 Å². The summed E-state index contributed by atoms with van der Waals surface area (Å²) in [6.07, 6.45) is 2.07. The Kier molecular flexibility index (Phi) is 8.71. The number of carbonyl (C=O) groups excluding carboxylic acids is 2. The molecule has 1 unspecified atom stereocenters. The molecule has 3 N–H and O–H groups in total. The average Bonchev–Trinajstić information content (AvgIpc) is 2.38. The van der Waals surface area contributed by atoms with Crippen LogP contribution in [-0.2, 0) is 4.79 Å². The van der Waals surface area contributed by atoms with Crippen LogP contribution in [0.1, 0.15) is 26.7 Å². The van der Waals surface area contributed by atoms with Crippen molar-refractivity contribution < 1.29 is 9.59 Å². The molecule has 0 aromatic heterocycles. The van der Waals surface area contributed by atoms with Gasteiger partial charge in [0.25, 0.3) is 0 Å². The molecule has 0 aliphatic carbocycles. The number of hydrogen-bond acceptors (Lipinski definition) is 4. The Bertz CT molecular complexity index is 295. The van der Waals surface area contributed by atoms with Gasteiger partial charge in [-0.05, 0) is 46.8 Å². The molecule has 1 atom stereocenters. The van der Waals surface area contributed by atoms with Crippen molar-refractivity contribution >= 4 is 24.3 Å². The summed E-state index contributed by atoms with van der Waals surface area (Å²) >= 11 is 0. The number of carbonyl (C=O) groups is 2. The Morgan fingerprint density at radius 3 is 2.47 bits per heavy atom. The fourth-order valence-corrected chi connectivity index (χ4v) is 2.14. The Balaban J connectivity index is 0.00000324. The highest BCUT2D eigenvalue weighted by Crippen LogP contribution is 2.12. The zero-order valence-electron chi connectivity index (χ0n) is 11.9. The van der Waals surface area contributed by atoms with Crippen LogP contribution >= 0.6 is 12.4 Å². The third-order valence-electron chi connectivity index (χ3n) is 3.45. The molecular weight excluding hydrogens is 268 g/mol. The molecule has 1 aliphatic heterocycles. The van der Waals surface area contributed by atoms with Crippen molar-refractivity contribution in [2.24, 2.45) is 0 Å². The number of piperidine rings is 1. The zero-order valence-corrected chi connectivity index (χ0v) is 12.7. The summed E-state index contributed by atoms with van der Waals surface area (Å²) in [5.74, 6) is -0.248. The molecule has 1 aliphatic rings. The van der Waals surface area contributed by atoms with E-state index in [9.17, 15) is 9.59 Å². The molecule has 0 aromatic rings. The molecule has 1 fully saturated rings. The number of amides is 3. The van der Waals surface area contributed by atoms with E-state index in [-0.39, 0.29) is 24.4 Å². The Morgan fingerprint density at radius 2 is 1.95 bits per heavy atom. The first kappa shape index (κ1) is 18.1. The van der Waals surface area contributed by atoms with Gasteiger partial charge in [0.15, 0.2) is 0 Å². The number of nitrogens with zero attached hydrogens (tertiary/aromatic N) is 1. The third kappa shape index (κ3) is 5.76. The van der Waals surface area contributed by atoms with Gasteiger partial charge < -0.3 is 10.6 Å². The Hall–Kier alpha value is -0.850. The lowest BCUT2D eigenvalue weighted by molar-refractivity contribution is -0.125. The van der Waals surface area contributed by atoms with Crippen LogP contribution in [0.5, 0.6) is 0 Å². The summed E-state index contributed by atoms with van der Waals surface area (Å²) in [6.45, 7) is 6.13. The van der Waals surface area contributed by atoms with E-state index in [0.717, 1.165) is 25.9 Å². The molecule has 0 bridgehead atoms. The lowest BCUT2D eigenvalue weighted by atomic mass is 10.0. The maximum absolute atomic E-state index is 11.9. The summed E-state index contributed by atoms with van der Waals surface area (Å²) in [5.41, 5.74) is 0. The van der Waals surface area contributed by atoms with Gasteiger partial charge in [0.1, 0.15) is 0 Å². The minimum Gasteiger partial charge on any atom is -0.338 e. The summed E-state index contributed by atoms with van der Waals surface area (Å²) in [4.78, 5) is 25.2. The Morgan fingerprint density at radius 1 is 1.37 bits per heavy atom. The van der Waals surface area contributed by atoms with Gasteiger partial charge in [-0.3, -0.25) is 15.0 Å². The van der Waals surface area contributed by atoms with Crippen LogP contribution < -0.4 is 16.0 Å². The highest BCUT2D eigenvalue weighted by atomic mass is 35.5. The van der Waals surface area contributed by atoms with Crippen LogP contribution in [0.3, 0.4) is 0 Å². The van der Waals surface area contributed by atoms with E-state index in [1.54, 1.807) is 0 Å². The van der Waals surface area contributed by atoms with Gasteiger partial charge >= 0.3 is 6.03 Å². The van der Waals surface area contributed by atoms with Gasteiger partial charge in [0, 0.05) is 12.6 Å². The molecule has 0 spiro atoms. The summed E-state index contributed by atoms with van der Waals surface area (Å²) < 4.78 is 0. The van der Waals surface area contributed by atoms with Crippen molar-refractivity contribution in [3.63, 3.8) is 0 Å². The van der Waals surface area contributed by atoms with Crippen molar-refractivity contribution in [1.82, 2.24) is 20.9 Å². The van der Waals surface area contributed by atoms with Crippen molar-refractivity contribution in [1.29, 1.82) is 0 Å². The van der Waals surface area contributed by atoms with Gasteiger partial charge in [-0.1, -0.05) is 0 Å². The minimum atomic E-state index is -0.423. The molecule has 0 aromatic carbocycles. The largest absolute Gasteiger partial charge is 0.338 e. The zero-order chi connectivity index (χ0) is 13.5. The highest BCUT2D eigenvalue weighted by Gasteiger charge is 2.26. The second-order valence-corrected chi connectivity index (χ2v) is 4.67. The SMILES string of the molecule is CCNC(=O)NC(=O)C(C)N(C)C1CCNCC1.Cl. The number of hydrogen-bond donors (Lipinski definition) is 3. The fraction of sp³-hybridized carbons (Fsp3) is 0.833. The molecule has 0 radical (unpaired) electrons. The first-order chi connectivity index (χ1) is 8.56. The van der Waals surface area contributed by atoms with Crippen molar-refractivity contribution in [3.8, 4) is 0 Å². The highest BCUT2D eigenvalue weighted by molar-refractivity contribution is 5.96. The van der Waals surface area contributed by atoms with Gasteiger partial charge in [0.05, 0.1) is 6.04 Å². The molecule has 112 valence electrons. The molecular formula is C12H25ClN4O2. The molecule has 1 heterocycles.